The lowest BCUT2D eigenvalue weighted by Gasteiger charge is -1.94. The maximum Gasteiger partial charge on any atom is 0.195 e. The molecule has 2 aromatic rings. The van der Waals surface area contributed by atoms with Crippen molar-refractivity contribution < 1.29 is 0 Å². The van der Waals surface area contributed by atoms with Gasteiger partial charge in [-0.2, -0.15) is 5.11 Å². The summed E-state index contributed by atoms with van der Waals surface area (Å²) in [5, 5.41) is 10.4. The number of nitrogens with zero attached hydrogens (tertiary/aromatic N) is 4. The van der Waals surface area contributed by atoms with Gasteiger partial charge in [-0.25, -0.2) is 9.97 Å². The van der Waals surface area contributed by atoms with E-state index >= 15 is 0 Å². The molecule has 0 saturated heterocycles. The van der Waals surface area contributed by atoms with Crippen molar-refractivity contribution in [2.24, 2.45) is 10.2 Å². The van der Waals surface area contributed by atoms with Gasteiger partial charge in [0.2, 0.25) is 0 Å². The maximum absolute atomic E-state index is 4.24. The lowest BCUT2D eigenvalue weighted by Crippen LogP contribution is -1.81. The van der Waals surface area contributed by atoms with E-state index < -0.39 is 0 Å². The summed E-state index contributed by atoms with van der Waals surface area (Å²) in [6.07, 6.45) is 3.76. The second-order valence-corrected chi connectivity index (χ2v) is 4.49. The molecule has 2 aromatic heterocycles. The summed E-state index contributed by atoms with van der Waals surface area (Å²) in [4.78, 5) is 8.40. The van der Waals surface area contributed by atoms with Gasteiger partial charge in [0.15, 0.2) is 5.82 Å². The second kappa shape index (κ2) is 5.12. The van der Waals surface area contributed by atoms with Gasteiger partial charge in [0.05, 0.1) is 16.8 Å². The highest BCUT2D eigenvalue weighted by Crippen LogP contribution is 2.30. The molecule has 0 bridgehead atoms. The van der Waals surface area contributed by atoms with E-state index in [4.69, 9.17) is 0 Å². The zero-order valence-electron chi connectivity index (χ0n) is 9.47. The Morgan fingerprint density at radius 1 is 1.38 bits per heavy atom. The SMILES string of the molecule is CCCCN=Nc1ncnc2c(C)csc12. The van der Waals surface area contributed by atoms with Gasteiger partial charge >= 0.3 is 0 Å². The number of rotatable bonds is 4. The van der Waals surface area contributed by atoms with E-state index in [1.54, 1.807) is 17.7 Å². The van der Waals surface area contributed by atoms with Crippen molar-refractivity contribution in [3.8, 4) is 0 Å². The van der Waals surface area contributed by atoms with Gasteiger partial charge in [-0.1, -0.05) is 13.3 Å². The van der Waals surface area contributed by atoms with E-state index in [0.29, 0.717) is 5.82 Å². The number of azo groups is 1. The summed E-state index contributed by atoms with van der Waals surface area (Å²) in [5.41, 5.74) is 2.16. The van der Waals surface area contributed by atoms with Crippen molar-refractivity contribution in [1.29, 1.82) is 0 Å². The van der Waals surface area contributed by atoms with Crippen molar-refractivity contribution in [2.75, 3.05) is 6.54 Å². The summed E-state index contributed by atoms with van der Waals surface area (Å²) >= 11 is 1.63. The van der Waals surface area contributed by atoms with E-state index in [1.165, 1.54) is 5.56 Å². The Labute approximate surface area is 98.5 Å². The monoisotopic (exact) mass is 234 g/mol. The summed E-state index contributed by atoms with van der Waals surface area (Å²) < 4.78 is 1.03. The van der Waals surface area contributed by atoms with E-state index in [-0.39, 0.29) is 0 Å². The van der Waals surface area contributed by atoms with Crippen LogP contribution in [-0.2, 0) is 0 Å². The first-order chi connectivity index (χ1) is 7.83. The number of fused-ring (bicyclic) bond motifs is 1. The first-order valence-corrected chi connectivity index (χ1v) is 6.27. The minimum Gasteiger partial charge on any atom is -0.235 e. The Kier molecular flexibility index (Phi) is 3.56. The maximum atomic E-state index is 4.24. The average molecular weight is 234 g/mol. The second-order valence-electron chi connectivity index (χ2n) is 3.61. The number of hydrogen-bond acceptors (Lipinski definition) is 5. The van der Waals surface area contributed by atoms with Crippen molar-refractivity contribution >= 4 is 27.4 Å². The molecular formula is C11H14N4S. The van der Waals surface area contributed by atoms with Crippen LogP contribution in [0.2, 0.25) is 0 Å². The zero-order valence-corrected chi connectivity index (χ0v) is 10.3. The lowest BCUT2D eigenvalue weighted by molar-refractivity contribution is 0.779. The molecule has 0 radical (unpaired) electrons. The molecule has 0 aliphatic heterocycles. The topological polar surface area (TPSA) is 50.5 Å². The summed E-state index contributed by atoms with van der Waals surface area (Å²) in [7, 11) is 0. The lowest BCUT2D eigenvalue weighted by atomic mass is 10.3. The van der Waals surface area contributed by atoms with Gasteiger partial charge in [-0.15, -0.1) is 16.5 Å². The van der Waals surface area contributed by atoms with Gasteiger partial charge in [-0.3, -0.25) is 0 Å². The van der Waals surface area contributed by atoms with Crippen molar-refractivity contribution in [1.82, 2.24) is 9.97 Å². The van der Waals surface area contributed by atoms with Crippen molar-refractivity contribution in [2.45, 2.75) is 26.7 Å². The van der Waals surface area contributed by atoms with Crippen LogP contribution in [0.25, 0.3) is 10.2 Å². The van der Waals surface area contributed by atoms with E-state index in [2.05, 4.69) is 32.5 Å². The Morgan fingerprint density at radius 2 is 2.25 bits per heavy atom. The van der Waals surface area contributed by atoms with Crippen LogP contribution in [0.4, 0.5) is 5.82 Å². The third-order valence-electron chi connectivity index (χ3n) is 2.29. The van der Waals surface area contributed by atoms with E-state index in [0.717, 1.165) is 29.6 Å². The predicted molar refractivity (Wildman–Crippen MR) is 66.4 cm³/mol. The average Bonchev–Trinajstić information content (AvgIpc) is 2.68. The summed E-state index contributed by atoms with van der Waals surface area (Å²) in [6, 6.07) is 0. The molecule has 2 rings (SSSR count). The van der Waals surface area contributed by atoms with Gasteiger partial charge < -0.3 is 0 Å². The van der Waals surface area contributed by atoms with Crippen LogP contribution in [0.1, 0.15) is 25.3 Å². The highest BCUT2D eigenvalue weighted by Gasteiger charge is 2.06. The van der Waals surface area contributed by atoms with Crippen LogP contribution < -0.4 is 0 Å². The Morgan fingerprint density at radius 3 is 3.06 bits per heavy atom. The van der Waals surface area contributed by atoms with Crippen molar-refractivity contribution in [3.63, 3.8) is 0 Å². The predicted octanol–water partition coefficient (Wildman–Crippen LogP) is 3.88. The van der Waals surface area contributed by atoms with Gasteiger partial charge in [0, 0.05) is 0 Å². The van der Waals surface area contributed by atoms with Crippen LogP contribution in [0.3, 0.4) is 0 Å². The molecule has 0 N–H and O–H groups in total. The van der Waals surface area contributed by atoms with Crippen LogP contribution in [0.5, 0.6) is 0 Å². The fourth-order valence-electron chi connectivity index (χ4n) is 1.37. The smallest absolute Gasteiger partial charge is 0.195 e. The standard InChI is InChI=1S/C11H14N4S/c1-3-4-5-14-15-11-10-9(12-7-13-11)8(2)6-16-10/h6-7H,3-5H2,1-2H3. The molecule has 0 spiro atoms. The molecule has 2 heterocycles. The number of thiophene rings is 1. The minimum absolute atomic E-state index is 0.694. The fraction of sp³-hybridized carbons (Fsp3) is 0.455. The molecular weight excluding hydrogens is 220 g/mol. The first-order valence-electron chi connectivity index (χ1n) is 5.39. The van der Waals surface area contributed by atoms with Crippen LogP contribution in [0.15, 0.2) is 21.9 Å². The number of unbranched alkanes of at least 4 members (excludes halogenated alkanes) is 1. The van der Waals surface area contributed by atoms with Gasteiger partial charge in [0.1, 0.15) is 6.33 Å². The Bertz CT molecular complexity index is 504. The van der Waals surface area contributed by atoms with E-state index in [9.17, 15) is 0 Å². The molecule has 0 saturated carbocycles. The van der Waals surface area contributed by atoms with E-state index in [1.807, 2.05) is 6.92 Å². The van der Waals surface area contributed by atoms with Crippen LogP contribution >= 0.6 is 11.3 Å². The highest BCUT2D eigenvalue weighted by molar-refractivity contribution is 7.17. The Balaban J connectivity index is 2.27. The number of hydrogen-bond donors (Lipinski definition) is 0. The highest BCUT2D eigenvalue weighted by atomic mass is 32.1. The summed E-state index contributed by atoms with van der Waals surface area (Å²) in [5.74, 6) is 0.694. The normalized spacial score (nSPS) is 11.6. The molecule has 0 fully saturated rings. The molecule has 0 aliphatic carbocycles. The minimum atomic E-state index is 0.694. The molecule has 16 heavy (non-hydrogen) atoms. The Hall–Kier alpha value is -1.36. The molecule has 4 nitrogen and oxygen atoms in total. The molecule has 0 atom stereocenters. The third-order valence-corrected chi connectivity index (χ3v) is 3.37. The summed E-state index contributed by atoms with van der Waals surface area (Å²) in [6.45, 7) is 4.96. The molecule has 84 valence electrons. The largest absolute Gasteiger partial charge is 0.235 e. The quantitative estimate of drug-likeness (QED) is 0.595. The van der Waals surface area contributed by atoms with Crippen molar-refractivity contribution in [3.05, 3.63) is 17.3 Å². The van der Waals surface area contributed by atoms with Crippen LogP contribution in [0, 0.1) is 6.92 Å². The molecule has 0 aromatic carbocycles. The van der Waals surface area contributed by atoms with Gasteiger partial charge in [0.25, 0.3) is 0 Å². The molecule has 0 aliphatic rings. The van der Waals surface area contributed by atoms with Crippen LogP contribution in [-0.4, -0.2) is 16.5 Å². The number of aryl methyl sites for hydroxylation is 1. The fourth-order valence-corrected chi connectivity index (χ4v) is 2.30. The molecule has 5 heteroatoms. The zero-order chi connectivity index (χ0) is 11.4. The molecule has 0 amide bonds. The third kappa shape index (κ3) is 2.24. The number of aromatic nitrogens is 2. The first kappa shape index (κ1) is 11.1. The molecule has 0 unspecified atom stereocenters. The van der Waals surface area contributed by atoms with Gasteiger partial charge in [-0.05, 0) is 24.3 Å².